The molecule has 1 heterocycles. The number of carbonyl (C=O) groups is 2. The number of carbonyl (C=O) groups excluding carboxylic acids is 2. The maximum atomic E-state index is 14.5. The highest BCUT2D eigenvalue weighted by Crippen LogP contribution is 2.41. The zero-order valence-electron chi connectivity index (χ0n) is 18.0. The molecule has 1 amide bonds. The van der Waals surface area contributed by atoms with Gasteiger partial charge in [-0.15, -0.1) is 11.3 Å². The molecule has 7 nitrogen and oxygen atoms in total. The molecule has 1 aliphatic carbocycles. The maximum Gasteiger partial charge on any atom is 0.441 e. The molecule has 0 unspecified atom stereocenters. The number of aryl methyl sites for hydroxylation is 1. The van der Waals surface area contributed by atoms with Crippen molar-refractivity contribution in [2.24, 2.45) is 0 Å². The predicted octanol–water partition coefficient (Wildman–Crippen LogP) is 4.17. The van der Waals surface area contributed by atoms with E-state index in [1.54, 1.807) is 5.32 Å². The summed E-state index contributed by atoms with van der Waals surface area (Å²) in [5, 5.41) is 13.5. The number of thiophene rings is 1. The Kier molecular flexibility index (Phi) is 7.17. The lowest BCUT2D eigenvalue weighted by Crippen LogP contribution is -2.69. The third-order valence-corrected chi connectivity index (χ3v) is 6.45. The molecule has 11 heteroatoms. The molecule has 0 radical (unpaired) electrons. The van der Waals surface area contributed by atoms with E-state index in [4.69, 9.17) is 9.47 Å². The number of hydrogen-bond donors (Lipinski definition) is 2. The first kappa shape index (κ1) is 24.4. The van der Waals surface area contributed by atoms with Crippen molar-refractivity contribution in [3.05, 3.63) is 45.8 Å². The Morgan fingerprint density at radius 3 is 2.42 bits per heavy atom. The lowest BCUT2D eigenvalue weighted by molar-refractivity contribution is -0.204. The zero-order chi connectivity index (χ0) is 24.2. The minimum absolute atomic E-state index is 0.0475. The number of ether oxygens (including phenoxy) is 2. The summed E-state index contributed by atoms with van der Waals surface area (Å²) in [5.74, 6) is -2.48. The molecule has 33 heavy (non-hydrogen) atoms. The number of amides is 1. The number of nitriles is 1. The van der Waals surface area contributed by atoms with Crippen LogP contribution in [0.15, 0.2) is 24.3 Å². The van der Waals surface area contributed by atoms with Gasteiger partial charge in [0.15, 0.2) is 0 Å². The Bertz CT molecular complexity index is 1080. The quantitative estimate of drug-likeness (QED) is 0.455. The van der Waals surface area contributed by atoms with Crippen LogP contribution in [0.2, 0.25) is 0 Å². The predicted molar refractivity (Wildman–Crippen MR) is 115 cm³/mol. The van der Waals surface area contributed by atoms with E-state index in [0.29, 0.717) is 24.2 Å². The van der Waals surface area contributed by atoms with Gasteiger partial charge in [0, 0.05) is 10.4 Å². The summed E-state index contributed by atoms with van der Waals surface area (Å²) in [4.78, 5) is 26.3. The van der Waals surface area contributed by atoms with Crippen LogP contribution in [0, 0.1) is 11.3 Å². The van der Waals surface area contributed by atoms with Crippen molar-refractivity contribution >= 4 is 28.2 Å². The molecule has 0 aliphatic heterocycles. The molecule has 176 valence electrons. The second-order valence-electron chi connectivity index (χ2n) is 7.30. The summed E-state index contributed by atoms with van der Waals surface area (Å²) >= 11 is 0.984. The van der Waals surface area contributed by atoms with Crippen LogP contribution in [-0.2, 0) is 22.4 Å². The van der Waals surface area contributed by atoms with Gasteiger partial charge in [0.05, 0.1) is 19.3 Å². The fourth-order valence-electron chi connectivity index (χ4n) is 3.56. The Hall–Kier alpha value is -3.26. The lowest BCUT2D eigenvalue weighted by Gasteiger charge is -2.35. The van der Waals surface area contributed by atoms with Crippen LogP contribution < -0.4 is 15.4 Å². The number of methoxy groups -OCH3 is 1. The summed E-state index contributed by atoms with van der Waals surface area (Å²) in [7, 11) is 1.40. The van der Waals surface area contributed by atoms with Gasteiger partial charge in [-0.25, -0.2) is 4.79 Å². The second-order valence-corrected chi connectivity index (χ2v) is 8.41. The van der Waals surface area contributed by atoms with Crippen LogP contribution in [-0.4, -0.2) is 37.4 Å². The number of nitrogens with one attached hydrogen (secondary N) is 2. The third-order valence-electron chi connectivity index (χ3n) is 5.24. The number of hydrogen-bond acceptors (Lipinski definition) is 7. The summed E-state index contributed by atoms with van der Waals surface area (Å²) in [6.07, 6.45) is -2.43. The zero-order valence-corrected chi connectivity index (χ0v) is 18.8. The number of esters is 1. The SMILES string of the molecule is CCOC(=O)[C@@](NC(=O)c1ccc(OC)cc1)(Nc1sc2c(c1C#N)CCCC2)C(F)(F)F. The molecule has 2 aromatic rings. The van der Waals surface area contributed by atoms with Crippen LogP contribution >= 0.6 is 11.3 Å². The van der Waals surface area contributed by atoms with Crippen molar-refractivity contribution in [2.45, 2.75) is 44.4 Å². The van der Waals surface area contributed by atoms with E-state index in [1.165, 1.54) is 38.3 Å². The van der Waals surface area contributed by atoms with Crippen molar-refractivity contribution in [1.29, 1.82) is 5.26 Å². The Morgan fingerprint density at radius 1 is 1.18 bits per heavy atom. The second kappa shape index (κ2) is 9.70. The maximum absolute atomic E-state index is 14.5. The first-order valence-corrected chi connectivity index (χ1v) is 11.0. The average molecular weight is 481 g/mol. The largest absolute Gasteiger partial charge is 0.497 e. The Balaban J connectivity index is 2.07. The van der Waals surface area contributed by atoms with E-state index in [0.717, 1.165) is 29.1 Å². The number of fused-ring (bicyclic) bond motifs is 1. The summed E-state index contributed by atoms with van der Waals surface area (Å²) in [5.41, 5.74) is -3.00. The number of benzene rings is 1. The van der Waals surface area contributed by atoms with Gasteiger partial charge >= 0.3 is 17.8 Å². The van der Waals surface area contributed by atoms with Crippen molar-refractivity contribution in [3.8, 4) is 11.8 Å². The standard InChI is InChI=1S/C22H22F3N3O4S/c1-3-32-20(30)21(22(23,24)25,27-18(29)13-8-10-14(31-2)11-9-13)28-19-16(12-26)15-6-4-5-7-17(15)33-19/h8-11,28H,3-7H2,1-2H3,(H,27,29)/t21-/m1/s1. The molecule has 1 aliphatic rings. The molecular weight excluding hydrogens is 459 g/mol. The minimum Gasteiger partial charge on any atom is -0.497 e. The highest BCUT2D eigenvalue weighted by Gasteiger charge is 2.64. The molecule has 0 bridgehead atoms. The first-order valence-electron chi connectivity index (χ1n) is 10.2. The molecule has 0 fully saturated rings. The number of rotatable bonds is 7. The number of anilines is 1. The van der Waals surface area contributed by atoms with Crippen LogP contribution in [0.25, 0.3) is 0 Å². The number of nitrogens with zero attached hydrogens (tertiary/aromatic N) is 1. The summed E-state index contributed by atoms with van der Waals surface area (Å²) in [6.45, 7) is 1.01. The molecular formula is C22H22F3N3O4S. The molecule has 1 aromatic heterocycles. The fourth-order valence-corrected chi connectivity index (χ4v) is 4.85. The highest BCUT2D eigenvalue weighted by atomic mass is 32.1. The highest BCUT2D eigenvalue weighted by molar-refractivity contribution is 7.16. The monoisotopic (exact) mass is 481 g/mol. The van der Waals surface area contributed by atoms with Crippen molar-refractivity contribution in [3.63, 3.8) is 0 Å². The van der Waals surface area contributed by atoms with Crippen LogP contribution in [0.4, 0.5) is 18.2 Å². The first-order chi connectivity index (χ1) is 15.7. The lowest BCUT2D eigenvalue weighted by atomic mass is 9.96. The molecule has 1 atom stereocenters. The van der Waals surface area contributed by atoms with Crippen molar-refractivity contribution in [2.75, 3.05) is 19.0 Å². The molecule has 2 N–H and O–H groups in total. The van der Waals surface area contributed by atoms with E-state index in [2.05, 4.69) is 5.32 Å². The van der Waals surface area contributed by atoms with Crippen molar-refractivity contribution < 1.29 is 32.2 Å². The molecule has 0 saturated heterocycles. The molecule has 0 spiro atoms. The average Bonchev–Trinajstić information content (AvgIpc) is 3.14. The van der Waals surface area contributed by atoms with Crippen LogP contribution in [0.1, 0.15) is 46.1 Å². The van der Waals surface area contributed by atoms with Gasteiger partial charge < -0.3 is 20.1 Å². The van der Waals surface area contributed by atoms with E-state index >= 15 is 0 Å². The van der Waals surface area contributed by atoms with Gasteiger partial charge in [0.25, 0.3) is 5.91 Å². The third kappa shape index (κ3) is 4.75. The molecule has 0 saturated carbocycles. The Morgan fingerprint density at radius 2 is 1.85 bits per heavy atom. The van der Waals surface area contributed by atoms with Gasteiger partial charge in [0.1, 0.15) is 16.8 Å². The summed E-state index contributed by atoms with van der Waals surface area (Å²) < 4.78 is 53.1. The van der Waals surface area contributed by atoms with E-state index < -0.39 is 23.7 Å². The smallest absolute Gasteiger partial charge is 0.441 e. The van der Waals surface area contributed by atoms with Gasteiger partial charge in [-0.1, -0.05) is 0 Å². The number of alkyl halides is 3. The summed E-state index contributed by atoms with van der Waals surface area (Å²) in [6, 6.07) is 7.30. The van der Waals surface area contributed by atoms with E-state index in [-0.39, 0.29) is 22.7 Å². The van der Waals surface area contributed by atoms with E-state index in [1.807, 2.05) is 6.07 Å². The fraction of sp³-hybridized carbons (Fsp3) is 0.409. The van der Waals surface area contributed by atoms with Gasteiger partial charge in [-0.2, -0.15) is 18.4 Å². The van der Waals surface area contributed by atoms with Crippen molar-refractivity contribution in [1.82, 2.24) is 5.32 Å². The van der Waals surface area contributed by atoms with E-state index in [9.17, 15) is 28.0 Å². The number of halogens is 3. The minimum atomic E-state index is -5.29. The van der Waals surface area contributed by atoms with Gasteiger partial charge in [-0.3, -0.25) is 4.79 Å². The van der Waals surface area contributed by atoms with Crippen LogP contribution in [0.3, 0.4) is 0 Å². The topological polar surface area (TPSA) is 100 Å². The normalized spacial score (nSPS) is 14.9. The molecule has 1 aromatic carbocycles. The van der Waals surface area contributed by atoms with Crippen LogP contribution in [0.5, 0.6) is 5.75 Å². The van der Waals surface area contributed by atoms with Gasteiger partial charge in [0.2, 0.25) is 0 Å². The Labute approximate surface area is 192 Å². The van der Waals surface area contributed by atoms with Gasteiger partial charge in [-0.05, 0) is 62.4 Å². The molecule has 3 rings (SSSR count).